The fraction of sp³-hybridized carbons (Fsp3) is 0.714. The van der Waals surface area contributed by atoms with Crippen molar-refractivity contribution in [3.05, 3.63) is 5.69 Å². The normalized spacial score (nSPS) is 11.9. The van der Waals surface area contributed by atoms with Gasteiger partial charge in [0, 0.05) is 0 Å². The molecule has 0 saturated heterocycles. The van der Waals surface area contributed by atoms with E-state index in [-0.39, 0.29) is 11.5 Å². The van der Waals surface area contributed by atoms with Crippen LogP contribution in [0.3, 0.4) is 0 Å². The zero-order valence-electron chi connectivity index (χ0n) is 7.37. The van der Waals surface area contributed by atoms with E-state index in [2.05, 4.69) is 8.75 Å². The fourth-order valence-electron chi connectivity index (χ4n) is 0.578. The summed E-state index contributed by atoms with van der Waals surface area (Å²) in [6.45, 7) is 6.16. The van der Waals surface area contributed by atoms with Crippen LogP contribution in [0.25, 0.3) is 0 Å². The summed E-state index contributed by atoms with van der Waals surface area (Å²) in [6.07, 6.45) is 0. The molecule has 0 aliphatic carbocycles. The Kier molecular flexibility index (Phi) is 2.64. The molecule has 1 N–H and O–H groups in total. The largest absolute Gasteiger partial charge is 0.491 e. The van der Waals surface area contributed by atoms with Crippen molar-refractivity contribution in [1.82, 2.24) is 8.75 Å². The van der Waals surface area contributed by atoms with Gasteiger partial charge in [-0.3, -0.25) is 0 Å². The van der Waals surface area contributed by atoms with Crippen LogP contribution < -0.4 is 0 Å². The van der Waals surface area contributed by atoms with E-state index in [1.807, 2.05) is 20.8 Å². The third-order valence-corrected chi connectivity index (χ3v) is 1.73. The van der Waals surface area contributed by atoms with E-state index in [1.165, 1.54) is 0 Å². The maximum atomic E-state index is 9.10. The molecule has 0 radical (unpaired) electrons. The monoisotopic (exact) mass is 188 g/mol. The first kappa shape index (κ1) is 9.41. The molecule has 0 amide bonds. The second-order valence-electron chi connectivity index (χ2n) is 3.44. The molecule has 0 bridgehead atoms. The van der Waals surface area contributed by atoms with Gasteiger partial charge in [-0.25, -0.2) is 0 Å². The second-order valence-corrected chi connectivity index (χ2v) is 3.96. The van der Waals surface area contributed by atoms with Crippen LogP contribution in [0.5, 0.6) is 5.88 Å². The van der Waals surface area contributed by atoms with Gasteiger partial charge < -0.3 is 9.84 Å². The Bertz CT molecular complexity index is 254. The smallest absolute Gasteiger partial charge is 0.249 e. The molecule has 0 fully saturated rings. The lowest BCUT2D eigenvalue weighted by Gasteiger charge is -2.18. The van der Waals surface area contributed by atoms with E-state index < -0.39 is 0 Å². The number of aromatic nitrogens is 2. The quantitative estimate of drug-likeness (QED) is 0.765. The summed E-state index contributed by atoms with van der Waals surface area (Å²) in [5.74, 6) is -0.0238. The molecule has 0 spiro atoms. The highest BCUT2D eigenvalue weighted by Crippen LogP contribution is 2.17. The summed E-state index contributed by atoms with van der Waals surface area (Å²) < 4.78 is 12.9. The van der Waals surface area contributed by atoms with E-state index in [0.717, 1.165) is 11.7 Å². The number of ether oxygens (including phenoxy) is 1. The van der Waals surface area contributed by atoms with Crippen molar-refractivity contribution in [2.75, 3.05) is 0 Å². The van der Waals surface area contributed by atoms with Gasteiger partial charge in [0.05, 0.1) is 23.9 Å². The molecule has 0 aromatic carbocycles. The van der Waals surface area contributed by atoms with Gasteiger partial charge in [0.1, 0.15) is 5.69 Å². The van der Waals surface area contributed by atoms with E-state index in [1.54, 1.807) is 0 Å². The van der Waals surface area contributed by atoms with Crippen LogP contribution in [0.15, 0.2) is 0 Å². The average molecular weight is 188 g/mol. The van der Waals surface area contributed by atoms with Gasteiger partial charge in [-0.2, -0.15) is 4.37 Å². The van der Waals surface area contributed by atoms with Crippen LogP contribution in [0.2, 0.25) is 0 Å². The third-order valence-electron chi connectivity index (χ3n) is 1.18. The minimum absolute atomic E-state index is 0.0238. The Labute approximate surface area is 75.5 Å². The molecular weight excluding hydrogens is 176 g/mol. The van der Waals surface area contributed by atoms with Crippen molar-refractivity contribution >= 4 is 11.7 Å². The predicted octanol–water partition coefficient (Wildman–Crippen LogP) is 1.56. The number of hydrogen-bond donors (Lipinski definition) is 1. The number of nitrogens with zero attached hydrogens (tertiary/aromatic N) is 2. The maximum Gasteiger partial charge on any atom is 0.249 e. The molecule has 1 rings (SSSR count). The van der Waals surface area contributed by atoms with Gasteiger partial charge in [0.2, 0.25) is 5.88 Å². The van der Waals surface area contributed by atoms with Crippen molar-refractivity contribution in [2.45, 2.75) is 33.0 Å². The Morgan fingerprint density at radius 1 is 1.42 bits per heavy atom. The zero-order chi connectivity index (χ0) is 9.19. The molecule has 0 unspecified atom stereocenters. The summed E-state index contributed by atoms with van der Waals surface area (Å²) in [6, 6.07) is 0. The SMILES string of the molecule is CC(C)(C)OCc1nsnc1O. The minimum atomic E-state index is -0.212. The molecule has 5 heteroatoms. The Hall–Kier alpha value is -0.680. The van der Waals surface area contributed by atoms with Gasteiger partial charge in [0.15, 0.2) is 0 Å². The highest BCUT2D eigenvalue weighted by molar-refractivity contribution is 6.99. The molecule has 0 aliphatic heterocycles. The summed E-state index contributed by atoms with van der Waals surface area (Å²) in [5.41, 5.74) is 0.297. The van der Waals surface area contributed by atoms with Crippen LogP contribution in [0.4, 0.5) is 0 Å². The van der Waals surface area contributed by atoms with Gasteiger partial charge in [-0.05, 0) is 20.8 Å². The lowest BCUT2D eigenvalue weighted by molar-refractivity contribution is -0.0169. The van der Waals surface area contributed by atoms with E-state index in [4.69, 9.17) is 9.84 Å². The third kappa shape index (κ3) is 2.75. The molecule has 0 atom stereocenters. The first-order valence-corrected chi connectivity index (χ1v) is 4.36. The molecular formula is C7H12N2O2S. The molecule has 4 nitrogen and oxygen atoms in total. The van der Waals surface area contributed by atoms with Crippen LogP contribution in [-0.4, -0.2) is 19.5 Å². The van der Waals surface area contributed by atoms with Gasteiger partial charge >= 0.3 is 0 Å². The van der Waals surface area contributed by atoms with E-state index in [0.29, 0.717) is 12.3 Å². The van der Waals surface area contributed by atoms with Crippen molar-refractivity contribution < 1.29 is 9.84 Å². The lowest BCUT2D eigenvalue weighted by Crippen LogP contribution is -2.18. The summed E-state index contributed by atoms with van der Waals surface area (Å²) in [4.78, 5) is 0. The zero-order valence-corrected chi connectivity index (χ0v) is 8.18. The van der Waals surface area contributed by atoms with E-state index in [9.17, 15) is 0 Å². The van der Waals surface area contributed by atoms with Crippen molar-refractivity contribution in [2.24, 2.45) is 0 Å². The maximum absolute atomic E-state index is 9.10. The number of hydrogen-bond acceptors (Lipinski definition) is 5. The molecule has 12 heavy (non-hydrogen) atoms. The predicted molar refractivity (Wildman–Crippen MR) is 46.1 cm³/mol. The van der Waals surface area contributed by atoms with Crippen LogP contribution in [-0.2, 0) is 11.3 Å². The summed E-state index contributed by atoms with van der Waals surface area (Å²) in [7, 11) is 0. The highest BCUT2D eigenvalue weighted by Gasteiger charge is 2.13. The molecule has 0 saturated carbocycles. The minimum Gasteiger partial charge on any atom is -0.491 e. The first-order valence-electron chi connectivity index (χ1n) is 3.63. The number of rotatable bonds is 2. The van der Waals surface area contributed by atoms with Gasteiger partial charge in [-0.15, -0.1) is 4.37 Å². The topological polar surface area (TPSA) is 55.2 Å². The standard InChI is InChI=1S/C7H12N2O2S/c1-7(2,3)11-4-5-6(10)9-12-8-5/h4H2,1-3H3,(H,9,10). The summed E-state index contributed by atoms with van der Waals surface area (Å²) in [5, 5.41) is 9.10. The van der Waals surface area contributed by atoms with Gasteiger partial charge in [-0.1, -0.05) is 0 Å². The van der Waals surface area contributed by atoms with Crippen LogP contribution in [0, 0.1) is 0 Å². The highest BCUT2D eigenvalue weighted by atomic mass is 32.1. The van der Waals surface area contributed by atoms with Crippen molar-refractivity contribution in [3.63, 3.8) is 0 Å². The first-order chi connectivity index (χ1) is 5.49. The molecule has 1 heterocycles. The van der Waals surface area contributed by atoms with Crippen molar-refractivity contribution in [3.8, 4) is 5.88 Å². The number of aromatic hydroxyl groups is 1. The summed E-state index contributed by atoms with van der Waals surface area (Å²) >= 11 is 0.987. The Balaban J connectivity index is 2.49. The molecule has 1 aromatic rings. The molecule has 68 valence electrons. The van der Waals surface area contributed by atoms with E-state index >= 15 is 0 Å². The van der Waals surface area contributed by atoms with Crippen LogP contribution in [0.1, 0.15) is 26.5 Å². The average Bonchev–Trinajstić information content (AvgIpc) is 2.29. The van der Waals surface area contributed by atoms with Crippen LogP contribution >= 0.6 is 11.7 Å². The fourth-order valence-corrected chi connectivity index (χ4v) is 1.03. The van der Waals surface area contributed by atoms with Crippen molar-refractivity contribution in [1.29, 1.82) is 0 Å². The second kappa shape index (κ2) is 3.37. The molecule has 1 aromatic heterocycles. The van der Waals surface area contributed by atoms with Gasteiger partial charge in [0.25, 0.3) is 0 Å². The Morgan fingerprint density at radius 2 is 2.08 bits per heavy atom. The molecule has 0 aliphatic rings. The lowest BCUT2D eigenvalue weighted by atomic mass is 10.2. The Morgan fingerprint density at radius 3 is 2.50 bits per heavy atom.